The van der Waals surface area contributed by atoms with E-state index in [0.29, 0.717) is 11.8 Å². The number of hydrogen-bond donors (Lipinski definition) is 1. The van der Waals surface area contributed by atoms with Crippen molar-refractivity contribution in [2.24, 2.45) is 11.8 Å². The summed E-state index contributed by atoms with van der Waals surface area (Å²) in [5.74, 6) is 3.04. The summed E-state index contributed by atoms with van der Waals surface area (Å²) >= 11 is 0. The van der Waals surface area contributed by atoms with Gasteiger partial charge in [0.25, 0.3) is 0 Å². The Hall–Kier alpha value is -12.6. The van der Waals surface area contributed by atoms with Gasteiger partial charge in [-0.15, -0.1) is 0 Å². The second-order valence-electron chi connectivity index (χ2n) is 26.8. The molecule has 2 unspecified atom stereocenters. The van der Waals surface area contributed by atoms with Gasteiger partial charge in [-0.25, -0.2) is 0 Å². The van der Waals surface area contributed by atoms with Crippen molar-refractivity contribution in [3.05, 3.63) is 379 Å². The lowest BCUT2D eigenvalue weighted by molar-refractivity contribution is -0.111. The number of aromatic nitrogens is 2. The minimum atomic E-state index is -0.0114. The molecule has 2 atom stereocenters. The number of carbonyl (C=O) groups is 3. The average molecular weight is 1430 g/mol. The minimum absolute atomic E-state index is 0.0114. The lowest BCUT2D eigenvalue weighted by Crippen LogP contribution is -2.11. The summed E-state index contributed by atoms with van der Waals surface area (Å²) in [6, 6.07) is 102. The van der Waals surface area contributed by atoms with Crippen LogP contribution in [0.5, 0.6) is 11.5 Å². The Kier molecular flexibility index (Phi) is 31.7. The third-order valence-electron chi connectivity index (χ3n) is 18.7. The van der Waals surface area contributed by atoms with Crippen LogP contribution in [-0.4, -0.2) is 40.5 Å². The van der Waals surface area contributed by atoms with E-state index < -0.39 is 0 Å². The highest BCUT2D eigenvalue weighted by atomic mass is 16.5. The zero-order valence-corrected chi connectivity index (χ0v) is 63.1. The minimum Gasteiger partial charge on any atom is -0.493 e. The van der Waals surface area contributed by atoms with Gasteiger partial charge >= 0.3 is 0 Å². The molecule has 0 bridgehead atoms. The number of ether oxygens (including phenoxy) is 2. The Bertz CT molecular complexity index is 4660. The molecule has 7 heteroatoms. The van der Waals surface area contributed by atoms with Crippen molar-refractivity contribution in [3.63, 3.8) is 0 Å². The summed E-state index contributed by atoms with van der Waals surface area (Å²) in [6.45, 7) is 10.6. The van der Waals surface area contributed by atoms with Crippen LogP contribution in [0, 0.1) is 11.8 Å². The van der Waals surface area contributed by atoms with Crippen molar-refractivity contribution in [3.8, 4) is 56.1 Å². The van der Waals surface area contributed by atoms with Crippen LogP contribution in [0.25, 0.3) is 103 Å². The number of carbonyl (C=O) groups excluding carboxylic acids is 3. The molecule has 0 saturated carbocycles. The van der Waals surface area contributed by atoms with E-state index in [1.165, 1.54) is 77.1 Å². The number of nitrogens with one attached hydrogen (secondary N) is 1. The molecule has 0 spiro atoms. The van der Waals surface area contributed by atoms with Gasteiger partial charge in [0, 0.05) is 33.6 Å². The topological polar surface area (TPSA) is 98.3 Å². The van der Waals surface area contributed by atoms with Gasteiger partial charge in [0.05, 0.1) is 24.4 Å². The summed E-state index contributed by atoms with van der Waals surface area (Å²) < 4.78 is 12.5. The predicted molar refractivity (Wildman–Crippen MR) is 461 cm³/mol. The molecule has 0 saturated heterocycles. The molecule has 0 aliphatic heterocycles. The number of unbranched alkanes of at least 4 members (excludes halogenated alkanes) is 2. The molecule has 0 aliphatic rings. The number of benzene rings is 11. The number of allylic oxidation sites excluding steroid dienone is 6. The van der Waals surface area contributed by atoms with Crippen LogP contribution in [0.3, 0.4) is 0 Å². The van der Waals surface area contributed by atoms with E-state index in [0.717, 1.165) is 98.8 Å². The normalized spacial score (nSPS) is 11.9. The number of fused-ring (bicyclic) bond motifs is 3. The zero-order valence-electron chi connectivity index (χ0n) is 63.1. The quantitative estimate of drug-likeness (QED) is 0.0451. The lowest BCUT2D eigenvalue weighted by atomic mass is 9.94. The third-order valence-corrected chi connectivity index (χ3v) is 18.7. The lowest BCUT2D eigenvalue weighted by Gasteiger charge is -2.16. The smallest absolute Gasteiger partial charge is 0.178 e. The third kappa shape index (κ3) is 26.2. The summed E-state index contributed by atoms with van der Waals surface area (Å²) in [5, 5.41) is 2.42. The first-order valence-electron chi connectivity index (χ1n) is 38.2. The molecule has 2 aromatic heterocycles. The van der Waals surface area contributed by atoms with Gasteiger partial charge in [-0.1, -0.05) is 345 Å². The molecule has 0 radical (unpaired) electrons. The molecule has 11 aromatic carbocycles. The van der Waals surface area contributed by atoms with E-state index in [1.54, 1.807) is 36.5 Å². The molecule has 109 heavy (non-hydrogen) atoms. The highest BCUT2D eigenvalue weighted by molar-refractivity contribution is 6.14. The molecular formula is C102H98N2O5. The first-order valence-corrected chi connectivity index (χ1v) is 38.2. The molecule has 546 valence electrons. The first kappa shape index (κ1) is 79.0. The maximum Gasteiger partial charge on any atom is 0.178 e. The van der Waals surface area contributed by atoms with Crippen LogP contribution in [0.15, 0.2) is 346 Å². The Morgan fingerprint density at radius 1 is 0.339 bits per heavy atom. The number of H-pyrrole nitrogens is 1. The van der Waals surface area contributed by atoms with Crippen LogP contribution in [-0.2, 0) is 14.4 Å². The molecule has 13 aromatic rings. The Morgan fingerprint density at radius 2 is 0.670 bits per heavy atom. The van der Waals surface area contributed by atoms with Crippen molar-refractivity contribution in [1.82, 2.24) is 9.97 Å². The second kappa shape index (κ2) is 43.8. The van der Waals surface area contributed by atoms with E-state index in [1.807, 2.05) is 237 Å². The fourth-order valence-corrected chi connectivity index (χ4v) is 12.3. The van der Waals surface area contributed by atoms with E-state index >= 15 is 0 Å². The molecule has 1 N–H and O–H groups in total. The van der Waals surface area contributed by atoms with Crippen molar-refractivity contribution in [1.29, 1.82) is 0 Å². The average Bonchev–Trinajstić information content (AvgIpc) is 1.61. The maximum atomic E-state index is 11.6. The zero-order chi connectivity index (χ0) is 75.9. The molecule has 13 rings (SSSR count). The summed E-state index contributed by atoms with van der Waals surface area (Å²) in [6.07, 6.45) is 32.0. The number of hydrogen-bond acceptors (Lipinski definition) is 6. The van der Waals surface area contributed by atoms with Crippen molar-refractivity contribution >= 4 is 75.6 Å². The summed E-state index contributed by atoms with van der Waals surface area (Å²) in [4.78, 5) is 43.2. The molecule has 0 fully saturated rings. The van der Waals surface area contributed by atoms with Crippen LogP contribution in [0.4, 0.5) is 0 Å². The Balaban J connectivity index is 0.000000188. The molecule has 7 nitrogen and oxygen atoms in total. The van der Waals surface area contributed by atoms with Crippen LogP contribution in [0.1, 0.15) is 112 Å². The van der Waals surface area contributed by atoms with Gasteiger partial charge in [0.2, 0.25) is 0 Å². The largest absolute Gasteiger partial charge is 0.493 e. The molecule has 2 heterocycles. The first-order chi connectivity index (χ1) is 53.6. The summed E-state index contributed by atoms with van der Waals surface area (Å²) in [5.41, 5.74) is 17.5. The fourth-order valence-electron chi connectivity index (χ4n) is 12.3. The van der Waals surface area contributed by atoms with Crippen molar-refractivity contribution in [2.45, 2.75) is 79.1 Å². The van der Waals surface area contributed by atoms with E-state index in [9.17, 15) is 14.4 Å². The van der Waals surface area contributed by atoms with Crippen molar-refractivity contribution in [2.75, 3.05) is 13.2 Å². The highest BCUT2D eigenvalue weighted by Crippen LogP contribution is 2.40. The molecule has 0 amide bonds. The predicted octanol–water partition coefficient (Wildman–Crippen LogP) is 26.5. The van der Waals surface area contributed by atoms with Gasteiger partial charge in [-0.2, -0.15) is 0 Å². The number of aromatic amines is 1. The number of pyridine rings is 1. The fraction of sp³-hybridized carbons (Fsp3) is 0.157. The van der Waals surface area contributed by atoms with E-state index in [-0.39, 0.29) is 17.3 Å². The second-order valence-corrected chi connectivity index (χ2v) is 26.8. The van der Waals surface area contributed by atoms with Gasteiger partial charge < -0.3 is 14.5 Å². The Labute approximate surface area is 645 Å². The highest BCUT2D eigenvalue weighted by Gasteiger charge is 2.16. The van der Waals surface area contributed by atoms with Gasteiger partial charge in [0.1, 0.15) is 11.5 Å². The number of nitrogens with zero attached hydrogens (tertiary/aromatic N) is 1. The van der Waals surface area contributed by atoms with Crippen LogP contribution in [0.2, 0.25) is 0 Å². The van der Waals surface area contributed by atoms with Crippen LogP contribution < -0.4 is 9.47 Å². The molecular weight excluding hydrogens is 1330 g/mol. The summed E-state index contributed by atoms with van der Waals surface area (Å²) in [7, 11) is 0. The standard InChI is InChI=1S/C51H56N2O2.3C17H14O/c1-5-9-13-36(7-3)34-54-44-25-20-38(21-26-44)42-24-29-50-47(31-42)48-33-43(39-22-27-45(28-23-39)55-35-37(8-4)14-10-6-2)32-46(51(48)53-50)40-16-18-41(19-17-40)49-15-11-12-30-52-49;3*18-17(13-11-15-7-3-1-4-8-15)14-12-16-9-5-2-6-10-16/h11-12,15-33,36-37,53H,5-10,13-14,34-35H2,1-4H3;3*1-14H. The number of rotatable bonds is 30. The van der Waals surface area contributed by atoms with Gasteiger partial charge in [0.15, 0.2) is 17.3 Å². The van der Waals surface area contributed by atoms with E-state index in [2.05, 4.69) is 147 Å². The molecule has 0 aliphatic carbocycles. The van der Waals surface area contributed by atoms with Crippen molar-refractivity contribution < 1.29 is 23.9 Å². The Morgan fingerprint density at radius 3 is 1.02 bits per heavy atom. The van der Waals surface area contributed by atoms with E-state index in [4.69, 9.17) is 9.47 Å². The SMILES string of the molecule is CCCCC(CC)COc1ccc(-c2ccc3[nH]c4c(-c5ccc(-c6ccccn6)cc5)cc(-c5ccc(OCC(CC)CCCC)cc5)cc4c3c2)cc1.O=C(C=Cc1ccccc1)C=Cc1ccccc1.O=C(C=Cc1ccccc1)C=Cc1ccccc1.O=C(C=Cc1ccccc1)C=Cc1ccccc1. The van der Waals surface area contributed by atoms with Gasteiger partial charge in [-0.05, 0) is 183 Å². The maximum absolute atomic E-state index is 11.6. The van der Waals surface area contributed by atoms with Gasteiger partial charge in [-0.3, -0.25) is 19.4 Å². The number of ketones is 3. The monoisotopic (exact) mass is 1430 g/mol. The van der Waals surface area contributed by atoms with Crippen LogP contribution >= 0.6 is 0 Å².